The smallest absolute Gasteiger partial charge is 0.338 e. The Morgan fingerprint density at radius 3 is 2.02 bits per heavy atom. The molecule has 0 aliphatic carbocycles. The van der Waals surface area contributed by atoms with Gasteiger partial charge in [0.2, 0.25) is 0 Å². The number of aromatic nitrogens is 2. The molecule has 210 valence electrons. The Hall–Kier alpha value is -3.87. The van der Waals surface area contributed by atoms with Crippen molar-refractivity contribution >= 4 is 34.9 Å². The molecule has 5 rings (SSSR count). The van der Waals surface area contributed by atoms with Crippen molar-refractivity contribution < 1.29 is 35.9 Å². The van der Waals surface area contributed by atoms with Crippen LogP contribution in [-0.4, -0.2) is 52.0 Å². The molecule has 0 N–H and O–H groups in total. The fourth-order valence-electron chi connectivity index (χ4n) is 5.12. The summed E-state index contributed by atoms with van der Waals surface area (Å²) in [5, 5.41) is 0.129. The second-order valence-electron chi connectivity index (χ2n) is 9.46. The van der Waals surface area contributed by atoms with Gasteiger partial charge in [0.05, 0.1) is 11.1 Å². The van der Waals surface area contributed by atoms with Crippen LogP contribution in [0.2, 0.25) is 5.15 Å². The molecule has 3 aromatic rings. The minimum atomic E-state index is -5.08. The molecule has 0 bridgehead atoms. The number of likely N-dealkylation sites (tertiary alicyclic amines) is 1. The summed E-state index contributed by atoms with van der Waals surface area (Å²) in [6.45, 7) is -0.0551. The lowest BCUT2D eigenvalue weighted by Gasteiger charge is -2.43. The fraction of sp³-hybridized carbons (Fsp3) is 0.308. The first-order valence-electron chi connectivity index (χ1n) is 12.0. The van der Waals surface area contributed by atoms with Crippen LogP contribution in [0.5, 0.6) is 0 Å². The Balaban J connectivity index is 1.45. The number of amides is 2. The Morgan fingerprint density at radius 1 is 0.875 bits per heavy atom. The molecule has 2 saturated heterocycles. The molecule has 2 fully saturated rings. The van der Waals surface area contributed by atoms with E-state index in [9.17, 15) is 35.9 Å². The Kier molecular flexibility index (Phi) is 6.89. The minimum absolute atomic E-state index is 0.0229. The number of piperidine rings is 1. The molecule has 0 atom stereocenters. The van der Waals surface area contributed by atoms with E-state index in [0.29, 0.717) is 17.8 Å². The van der Waals surface area contributed by atoms with Crippen LogP contribution < -0.4 is 9.80 Å². The summed E-state index contributed by atoms with van der Waals surface area (Å²) in [4.78, 5) is 39.5. The Labute approximate surface area is 229 Å². The van der Waals surface area contributed by atoms with E-state index in [2.05, 4.69) is 9.97 Å². The van der Waals surface area contributed by atoms with Crippen molar-refractivity contribution in [3.05, 3.63) is 82.8 Å². The summed E-state index contributed by atoms with van der Waals surface area (Å²) >= 11 is 6.00. The second-order valence-corrected chi connectivity index (χ2v) is 9.84. The summed E-state index contributed by atoms with van der Waals surface area (Å²) < 4.78 is 80.0. The zero-order chi connectivity index (χ0) is 28.9. The number of carbonyl (C=O) groups is 2. The summed E-state index contributed by atoms with van der Waals surface area (Å²) in [5.41, 5.74) is -4.29. The molecule has 1 spiro atoms. The highest BCUT2D eigenvalue weighted by Crippen LogP contribution is 2.42. The van der Waals surface area contributed by atoms with Gasteiger partial charge in [-0.25, -0.2) is 9.97 Å². The number of halogens is 7. The molecule has 7 nitrogen and oxygen atoms in total. The molecule has 2 aliphatic heterocycles. The molecule has 2 amide bonds. The number of rotatable bonds is 3. The van der Waals surface area contributed by atoms with Gasteiger partial charge in [-0.2, -0.15) is 26.3 Å². The van der Waals surface area contributed by atoms with Crippen molar-refractivity contribution in [2.24, 2.45) is 0 Å². The van der Waals surface area contributed by atoms with E-state index in [1.807, 2.05) is 23.1 Å². The Bertz CT molecular complexity index is 1410. The molecular weight excluding hydrogens is 564 g/mol. The summed E-state index contributed by atoms with van der Waals surface area (Å²) in [6.07, 6.45) is -8.79. The molecule has 14 heteroatoms. The third-order valence-electron chi connectivity index (χ3n) is 7.12. The molecule has 2 aromatic carbocycles. The van der Waals surface area contributed by atoms with Gasteiger partial charge in [0.25, 0.3) is 11.8 Å². The number of anilines is 2. The highest BCUT2D eigenvalue weighted by Gasteiger charge is 2.55. The van der Waals surface area contributed by atoms with Gasteiger partial charge in [0, 0.05) is 30.4 Å². The van der Waals surface area contributed by atoms with Crippen LogP contribution in [0.4, 0.5) is 37.8 Å². The molecule has 40 heavy (non-hydrogen) atoms. The van der Waals surface area contributed by atoms with E-state index in [4.69, 9.17) is 11.6 Å². The SMILES string of the molecule is O=C(c1cc(C(F)(F)F)cc(C(F)(F)F)c1)N1CCC2(CC1)C(=O)N(c1cc(Cl)ncn1)CN2c1ccccc1. The minimum Gasteiger partial charge on any atom is -0.338 e. The van der Waals surface area contributed by atoms with E-state index in [0.717, 1.165) is 0 Å². The summed E-state index contributed by atoms with van der Waals surface area (Å²) in [6, 6.07) is 11.3. The lowest BCUT2D eigenvalue weighted by molar-refractivity contribution is -0.143. The van der Waals surface area contributed by atoms with Crippen LogP contribution in [0.25, 0.3) is 0 Å². The predicted molar refractivity (Wildman–Crippen MR) is 133 cm³/mol. The number of nitrogens with zero attached hydrogens (tertiary/aromatic N) is 5. The van der Waals surface area contributed by atoms with Crippen molar-refractivity contribution in [3.8, 4) is 0 Å². The molecule has 0 unspecified atom stereocenters. The van der Waals surface area contributed by atoms with Gasteiger partial charge < -0.3 is 9.80 Å². The van der Waals surface area contributed by atoms with E-state index in [1.165, 1.54) is 22.2 Å². The highest BCUT2D eigenvalue weighted by atomic mass is 35.5. The largest absolute Gasteiger partial charge is 0.416 e. The van der Waals surface area contributed by atoms with Gasteiger partial charge in [0.1, 0.15) is 29.5 Å². The topological polar surface area (TPSA) is 69.6 Å². The van der Waals surface area contributed by atoms with Crippen molar-refractivity contribution in [2.45, 2.75) is 30.7 Å². The van der Waals surface area contributed by atoms with Crippen LogP contribution >= 0.6 is 11.6 Å². The van der Waals surface area contributed by atoms with Crippen LogP contribution in [0, 0.1) is 0 Å². The van der Waals surface area contributed by atoms with Crippen LogP contribution in [-0.2, 0) is 17.1 Å². The van der Waals surface area contributed by atoms with Crippen LogP contribution in [0.1, 0.15) is 34.3 Å². The maximum Gasteiger partial charge on any atom is 0.416 e. The number of alkyl halides is 6. The third kappa shape index (κ3) is 5.05. The number of para-hydroxylation sites is 1. The van der Waals surface area contributed by atoms with Gasteiger partial charge >= 0.3 is 12.4 Å². The van der Waals surface area contributed by atoms with E-state index < -0.39 is 40.5 Å². The van der Waals surface area contributed by atoms with Crippen LogP contribution in [0.15, 0.2) is 60.9 Å². The van der Waals surface area contributed by atoms with Crippen molar-refractivity contribution in [2.75, 3.05) is 29.6 Å². The van der Waals surface area contributed by atoms with E-state index in [-0.39, 0.29) is 55.5 Å². The average Bonchev–Trinajstić information content (AvgIpc) is 3.19. The Morgan fingerprint density at radius 2 is 1.48 bits per heavy atom. The lowest BCUT2D eigenvalue weighted by Crippen LogP contribution is -2.57. The van der Waals surface area contributed by atoms with E-state index in [1.54, 1.807) is 12.1 Å². The van der Waals surface area contributed by atoms with Crippen molar-refractivity contribution in [1.29, 1.82) is 0 Å². The summed E-state index contributed by atoms with van der Waals surface area (Å²) in [7, 11) is 0. The highest BCUT2D eigenvalue weighted by molar-refractivity contribution is 6.29. The molecule has 0 saturated carbocycles. The number of hydrogen-bond acceptors (Lipinski definition) is 5. The average molecular weight is 584 g/mol. The monoisotopic (exact) mass is 583 g/mol. The number of carbonyl (C=O) groups excluding carboxylic acids is 2. The maximum atomic E-state index is 13.9. The normalized spacial score (nSPS) is 17.6. The molecule has 3 heterocycles. The molecule has 1 aromatic heterocycles. The standard InChI is InChI=1S/C26H20ClF6N5O2/c27-20-13-21(35-14-34-20)37-15-38(19-4-2-1-3-5-19)24(23(37)40)6-8-36(9-7-24)22(39)16-10-17(25(28,29)30)12-18(11-16)26(31,32)33/h1-5,10-14H,6-9,15H2. The van der Waals surface area contributed by atoms with Gasteiger partial charge in [0.15, 0.2) is 0 Å². The van der Waals surface area contributed by atoms with Gasteiger partial charge in [-0.15, -0.1) is 0 Å². The molecule has 0 radical (unpaired) electrons. The number of benzene rings is 2. The zero-order valence-electron chi connectivity index (χ0n) is 20.5. The predicted octanol–water partition coefficient (Wildman–Crippen LogP) is 5.65. The lowest BCUT2D eigenvalue weighted by atomic mass is 9.85. The zero-order valence-corrected chi connectivity index (χ0v) is 21.3. The van der Waals surface area contributed by atoms with Gasteiger partial charge in [-0.1, -0.05) is 29.8 Å². The third-order valence-corrected chi connectivity index (χ3v) is 7.33. The first-order chi connectivity index (χ1) is 18.8. The second kappa shape index (κ2) is 9.95. The van der Waals surface area contributed by atoms with Gasteiger partial charge in [-0.3, -0.25) is 14.5 Å². The number of hydrogen-bond donors (Lipinski definition) is 0. The maximum absolute atomic E-state index is 13.9. The quantitative estimate of drug-likeness (QED) is 0.294. The first kappa shape index (κ1) is 27.7. The first-order valence-corrected chi connectivity index (χ1v) is 12.4. The molecular formula is C26H20ClF6N5O2. The van der Waals surface area contributed by atoms with Gasteiger partial charge in [-0.05, 0) is 43.2 Å². The molecule has 2 aliphatic rings. The van der Waals surface area contributed by atoms with E-state index >= 15 is 0 Å². The van der Waals surface area contributed by atoms with Crippen LogP contribution in [0.3, 0.4) is 0 Å². The van der Waals surface area contributed by atoms with Crippen molar-refractivity contribution in [3.63, 3.8) is 0 Å². The summed E-state index contributed by atoms with van der Waals surface area (Å²) in [5.74, 6) is -1.04. The fourth-order valence-corrected chi connectivity index (χ4v) is 5.26. The van der Waals surface area contributed by atoms with Crippen molar-refractivity contribution in [1.82, 2.24) is 14.9 Å².